The first kappa shape index (κ1) is 29.1. The molecule has 0 spiro atoms. The zero-order chi connectivity index (χ0) is 28.6. The molecule has 8 N–H and O–H groups in total. The Labute approximate surface area is 232 Å². The van der Waals surface area contributed by atoms with Gasteiger partial charge in [0.05, 0.1) is 13.2 Å². The van der Waals surface area contributed by atoms with Gasteiger partial charge >= 0.3 is 0 Å². The fraction of sp³-hybridized carbons (Fsp3) is 0.345. The Hall–Kier alpha value is -3.87. The lowest BCUT2D eigenvalue weighted by atomic mass is 9.99. The summed E-state index contributed by atoms with van der Waals surface area (Å²) >= 11 is 0. The van der Waals surface area contributed by atoms with Gasteiger partial charge in [-0.3, -0.25) is 5.41 Å². The van der Waals surface area contributed by atoms with Crippen LogP contribution in [0.25, 0.3) is 0 Å². The van der Waals surface area contributed by atoms with Crippen LogP contribution in [0.15, 0.2) is 66.7 Å². The first-order chi connectivity index (χ1) is 19.3. The first-order valence-electron chi connectivity index (χ1n) is 12.9. The van der Waals surface area contributed by atoms with Gasteiger partial charge in [0, 0.05) is 29.4 Å². The van der Waals surface area contributed by atoms with E-state index in [0.29, 0.717) is 29.2 Å². The molecule has 1 aliphatic heterocycles. The molecule has 1 saturated heterocycles. The van der Waals surface area contributed by atoms with Crippen molar-refractivity contribution < 1.29 is 39.4 Å². The fourth-order valence-corrected chi connectivity index (χ4v) is 4.20. The highest BCUT2D eigenvalue weighted by molar-refractivity contribution is 5.95. The molecular weight excluding hydrogens is 518 g/mol. The van der Waals surface area contributed by atoms with Crippen LogP contribution in [0.3, 0.4) is 0 Å². The maximum atomic E-state index is 10.6. The molecule has 0 saturated carbocycles. The van der Waals surface area contributed by atoms with Gasteiger partial charge < -0.3 is 50.4 Å². The number of amidine groups is 1. The Morgan fingerprint density at radius 2 is 1.62 bits per heavy atom. The minimum absolute atomic E-state index is 0.0331. The van der Waals surface area contributed by atoms with Crippen LogP contribution in [0.5, 0.6) is 17.2 Å². The van der Waals surface area contributed by atoms with E-state index >= 15 is 0 Å². The summed E-state index contributed by atoms with van der Waals surface area (Å²) in [6.45, 7) is 2.18. The van der Waals surface area contributed by atoms with E-state index in [4.69, 9.17) is 30.1 Å². The average Bonchev–Trinajstić information content (AvgIpc) is 2.97. The van der Waals surface area contributed by atoms with Crippen molar-refractivity contribution in [1.29, 1.82) is 5.41 Å². The van der Waals surface area contributed by atoms with Crippen LogP contribution in [0.4, 0.5) is 5.69 Å². The van der Waals surface area contributed by atoms with Gasteiger partial charge in [-0.2, -0.15) is 0 Å². The Morgan fingerprint density at radius 1 is 0.925 bits per heavy atom. The maximum absolute atomic E-state index is 10.6. The third-order valence-corrected chi connectivity index (χ3v) is 6.43. The highest BCUT2D eigenvalue weighted by atomic mass is 16.7. The predicted molar refractivity (Wildman–Crippen MR) is 148 cm³/mol. The van der Waals surface area contributed by atoms with Gasteiger partial charge in [-0.1, -0.05) is 30.3 Å². The van der Waals surface area contributed by atoms with Crippen LogP contribution in [-0.4, -0.2) is 70.2 Å². The number of ether oxygens (including phenoxy) is 4. The Balaban J connectivity index is 1.64. The molecule has 0 amide bonds. The normalized spacial score (nSPS) is 22.4. The molecule has 3 aromatic rings. The number of hydrogen-bond donors (Lipinski definition) is 7. The topological polar surface area (TPSA) is 180 Å². The fourth-order valence-electron chi connectivity index (χ4n) is 4.20. The average molecular weight is 554 g/mol. The number of benzene rings is 3. The summed E-state index contributed by atoms with van der Waals surface area (Å²) in [5.74, 6) is 1.10. The van der Waals surface area contributed by atoms with Gasteiger partial charge in [0.15, 0.2) is 11.5 Å². The lowest BCUT2D eigenvalue weighted by Crippen LogP contribution is -2.60. The lowest BCUT2D eigenvalue weighted by Gasteiger charge is -2.39. The number of nitrogens with one attached hydrogen (secondary N) is 2. The number of nitrogen functional groups attached to an aromatic ring is 1. The van der Waals surface area contributed by atoms with Gasteiger partial charge in [-0.15, -0.1) is 0 Å². The van der Waals surface area contributed by atoms with E-state index in [9.17, 15) is 20.4 Å². The Kier molecular flexibility index (Phi) is 9.80. The second kappa shape index (κ2) is 13.5. The molecule has 0 unspecified atom stereocenters. The Morgan fingerprint density at radius 3 is 2.27 bits per heavy atom. The monoisotopic (exact) mass is 553 g/mol. The molecule has 40 heavy (non-hydrogen) atoms. The molecule has 0 bridgehead atoms. The van der Waals surface area contributed by atoms with E-state index in [1.165, 1.54) is 0 Å². The van der Waals surface area contributed by atoms with Gasteiger partial charge in [0.1, 0.15) is 42.6 Å². The molecule has 1 aliphatic rings. The highest BCUT2D eigenvalue weighted by Gasteiger charge is 2.45. The molecule has 1 fully saturated rings. The van der Waals surface area contributed by atoms with Gasteiger partial charge in [-0.05, 0) is 42.8 Å². The van der Waals surface area contributed by atoms with E-state index in [0.717, 1.165) is 11.3 Å². The third kappa shape index (κ3) is 7.00. The van der Waals surface area contributed by atoms with Crippen molar-refractivity contribution in [3.8, 4) is 17.2 Å². The maximum Gasteiger partial charge on any atom is 0.229 e. The smallest absolute Gasteiger partial charge is 0.229 e. The molecule has 0 aromatic heterocycles. The van der Waals surface area contributed by atoms with E-state index < -0.39 is 37.3 Å². The zero-order valence-electron chi connectivity index (χ0n) is 22.1. The minimum atomic E-state index is -1.59. The summed E-state index contributed by atoms with van der Waals surface area (Å²) in [5.41, 5.74) is 8.46. The summed E-state index contributed by atoms with van der Waals surface area (Å²) in [6.07, 6.45) is -7.19. The standard InChI is InChI=1S/C29H35N3O8/c1-2-37-22-12-19(14-32-20-10-8-18(9-11-20)28(30)31)21(13-23(22)38-16-17-6-4-3-5-7-17)39-29-27(36)26(35)25(34)24(15-33)40-29/h3-13,24-27,29,32-36H,2,14-16H2,1H3,(H3,30,31)/t24-,25-,26+,27-,29-/m1/s1. The van der Waals surface area contributed by atoms with E-state index in [1.54, 1.807) is 36.4 Å². The molecule has 4 rings (SSSR count). The molecule has 5 atom stereocenters. The van der Waals surface area contributed by atoms with Crippen LogP contribution in [0, 0.1) is 5.41 Å². The van der Waals surface area contributed by atoms with Crippen LogP contribution in [0.2, 0.25) is 0 Å². The first-order valence-corrected chi connectivity index (χ1v) is 12.9. The summed E-state index contributed by atoms with van der Waals surface area (Å²) in [6, 6.07) is 20.0. The molecule has 3 aromatic carbocycles. The second-order valence-corrected chi connectivity index (χ2v) is 9.27. The third-order valence-electron chi connectivity index (χ3n) is 6.43. The van der Waals surface area contributed by atoms with Crippen molar-refractivity contribution in [2.24, 2.45) is 5.73 Å². The van der Waals surface area contributed by atoms with Crippen molar-refractivity contribution in [2.45, 2.75) is 50.8 Å². The minimum Gasteiger partial charge on any atom is -0.490 e. The van der Waals surface area contributed by atoms with Crippen LogP contribution < -0.4 is 25.3 Å². The molecule has 1 heterocycles. The predicted octanol–water partition coefficient (Wildman–Crippen LogP) is 1.74. The van der Waals surface area contributed by atoms with Gasteiger partial charge in [0.2, 0.25) is 6.29 Å². The summed E-state index contributed by atoms with van der Waals surface area (Å²) < 4.78 is 23.6. The molecule has 214 valence electrons. The van der Waals surface area contributed by atoms with E-state index in [1.807, 2.05) is 37.3 Å². The van der Waals surface area contributed by atoms with Crippen molar-refractivity contribution in [3.05, 3.63) is 83.4 Å². The highest BCUT2D eigenvalue weighted by Crippen LogP contribution is 2.38. The number of aliphatic hydroxyl groups is 4. The number of hydrogen-bond acceptors (Lipinski definition) is 10. The van der Waals surface area contributed by atoms with Crippen LogP contribution >= 0.6 is 0 Å². The van der Waals surface area contributed by atoms with Crippen molar-refractivity contribution >= 4 is 11.5 Å². The van der Waals surface area contributed by atoms with E-state index in [-0.39, 0.29) is 24.7 Å². The molecule has 11 nitrogen and oxygen atoms in total. The van der Waals surface area contributed by atoms with Crippen molar-refractivity contribution in [3.63, 3.8) is 0 Å². The summed E-state index contributed by atoms with van der Waals surface area (Å²) in [7, 11) is 0. The molecule has 0 aliphatic carbocycles. The number of aliphatic hydroxyl groups excluding tert-OH is 4. The largest absolute Gasteiger partial charge is 0.490 e. The second-order valence-electron chi connectivity index (χ2n) is 9.27. The van der Waals surface area contributed by atoms with Gasteiger partial charge in [-0.25, -0.2) is 0 Å². The number of nitrogens with two attached hydrogens (primary N) is 1. The quantitative estimate of drug-likeness (QED) is 0.129. The molecular formula is C29H35N3O8. The van der Waals surface area contributed by atoms with E-state index in [2.05, 4.69) is 5.32 Å². The molecule has 0 radical (unpaired) electrons. The number of anilines is 1. The Bertz CT molecular complexity index is 1260. The SMILES string of the molecule is CCOc1cc(CNc2ccc(C(=N)N)cc2)c(O[C@@H]2O[C@H](CO)[C@@H](O)[C@H](O)[C@H]2O)cc1OCc1ccccc1. The zero-order valence-corrected chi connectivity index (χ0v) is 22.1. The molecule has 11 heteroatoms. The summed E-state index contributed by atoms with van der Waals surface area (Å²) in [4.78, 5) is 0. The van der Waals surface area contributed by atoms with Crippen LogP contribution in [0.1, 0.15) is 23.6 Å². The van der Waals surface area contributed by atoms with Crippen LogP contribution in [-0.2, 0) is 17.9 Å². The van der Waals surface area contributed by atoms with Gasteiger partial charge in [0.25, 0.3) is 0 Å². The summed E-state index contributed by atoms with van der Waals surface area (Å²) in [5, 5.41) is 51.4. The number of rotatable bonds is 12. The van der Waals surface area contributed by atoms with Crippen molar-refractivity contribution in [1.82, 2.24) is 0 Å². The van der Waals surface area contributed by atoms with Crippen molar-refractivity contribution in [2.75, 3.05) is 18.5 Å². The lowest BCUT2D eigenvalue weighted by molar-refractivity contribution is -0.277.